The van der Waals surface area contributed by atoms with Crippen molar-refractivity contribution in [3.05, 3.63) is 113 Å². The van der Waals surface area contributed by atoms with E-state index in [1.54, 1.807) is 48.5 Å². The first-order valence-corrected chi connectivity index (χ1v) is 18.1. The summed E-state index contributed by atoms with van der Waals surface area (Å²) in [4.78, 5) is 49.5. The van der Waals surface area contributed by atoms with E-state index < -0.39 is 0 Å². The van der Waals surface area contributed by atoms with Gasteiger partial charge in [-0.05, 0) is 100 Å². The summed E-state index contributed by atoms with van der Waals surface area (Å²) in [5.41, 5.74) is 3.85. The number of piperidine rings is 1. The van der Waals surface area contributed by atoms with E-state index in [4.69, 9.17) is 9.47 Å². The number of unbranched alkanes of at least 4 members (excludes halogenated alkanes) is 2. The number of hydrogen-bond acceptors (Lipinski definition) is 7. The van der Waals surface area contributed by atoms with Crippen LogP contribution in [0.3, 0.4) is 0 Å². The van der Waals surface area contributed by atoms with Gasteiger partial charge in [0.1, 0.15) is 23.9 Å². The maximum atomic E-state index is 13.4. The number of aromatic nitrogens is 1. The van der Waals surface area contributed by atoms with Gasteiger partial charge >= 0.3 is 0 Å². The average Bonchev–Trinajstić information content (AvgIpc) is 3.16. The van der Waals surface area contributed by atoms with Gasteiger partial charge in [0, 0.05) is 38.8 Å². The van der Waals surface area contributed by atoms with Gasteiger partial charge in [0.2, 0.25) is 11.8 Å². The first-order chi connectivity index (χ1) is 25.2. The molecule has 1 fully saturated rings. The van der Waals surface area contributed by atoms with Crippen molar-refractivity contribution in [3.8, 4) is 11.5 Å². The third-order valence-corrected chi connectivity index (χ3v) is 9.48. The number of likely N-dealkylation sites (N-methyl/N-ethyl adjacent to an activating group) is 1. The number of pyridine rings is 1. The van der Waals surface area contributed by atoms with Crippen LogP contribution in [0, 0.1) is 6.92 Å². The van der Waals surface area contributed by atoms with Gasteiger partial charge in [0.25, 0.3) is 5.91 Å². The van der Waals surface area contributed by atoms with E-state index >= 15 is 0 Å². The van der Waals surface area contributed by atoms with Crippen LogP contribution >= 0.6 is 0 Å². The van der Waals surface area contributed by atoms with Gasteiger partial charge in [-0.1, -0.05) is 54.6 Å². The van der Waals surface area contributed by atoms with Crippen LogP contribution in [-0.2, 0) is 22.6 Å². The third kappa shape index (κ3) is 10.9. The highest BCUT2D eigenvalue weighted by Gasteiger charge is 2.23. The van der Waals surface area contributed by atoms with Crippen LogP contribution in [-0.4, -0.2) is 79.4 Å². The molecule has 3 aromatic carbocycles. The van der Waals surface area contributed by atoms with E-state index in [0.717, 1.165) is 56.3 Å². The Morgan fingerprint density at radius 1 is 0.827 bits per heavy atom. The number of carbonyl (C=O) groups excluding carboxylic acids is 3. The fourth-order valence-electron chi connectivity index (χ4n) is 6.27. The van der Waals surface area contributed by atoms with Gasteiger partial charge in [-0.25, -0.2) is 4.98 Å². The lowest BCUT2D eigenvalue weighted by Gasteiger charge is -2.35. The summed E-state index contributed by atoms with van der Waals surface area (Å²) in [5, 5.41) is 2.83. The van der Waals surface area contributed by atoms with Gasteiger partial charge in [-0.2, -0.15) is 0 Å². The molecule has 10 heteroatoms. The molecule has 0 atom stereocenters. The zero-order chi connectivity index (χ0) is 36.9. The van der Waals surface area contributed by atoms with E-state index in [2.05, 4.69) is 29.3 Å². The van der Waals surface area contributed by atoms with E-state index in [1.807, 2.05) is 66.4 Å². The predicted molar refractivity (Wildman–Crippen MR) is 205 cm³/mol. The van der Waals surface area contributed by atoms with Gasteiger partial charge in [0.05, 0.1) is 24.3 Å². The van der Waals surface area contributed by atoms with Crippen LogP contribution in [0.25, 0.3) is 0 Å². The number of rotatable bonds is 16. The van der Waals surface area contributed by atoms with Crippen molar-refractivity contribution in [2.24, 2.45) is 0 Å². The minimum atomic E-state index is -0.337. The molecule has 1 aliphatic heterocycles. The van der Waals surface area contributed by atoms with Crippen LogP contribution in [0.5, 0.6) is 11.5 Å². The quantitative estimate of drug-likeness (QED) is 0.126. The number of nitrogens with one attached hydrogen (secondary N) is 1. The molecule has 2 heterocycles. The Hall–Kier alpha value is -5.22. The highest BCUT2D eigenvalue weighted by atomic mass is 16.5. The molecule has 52 heavy (non-hydrogen) atoms. The second-order valence-corrected chi connectivity index (χ2v) is 13.6. The number of anilines is 2. The van der Waals surface area contributed by atoms with Crippen molar-refractivity contribution in [1.82, 2.24) is 14.8 Å². The van der Waals surface area contributed by atoms with Crippen LogP contribution < -0.4 is 19.7 Å². The first-order valence-electron chi connectivity index (χ1n) is 18.1. The minimum Gasteiger partial charge on any atom is -0.491 e. The molecular weight excluding hydrogens is 654 g/mol. The van der Waals surface area contributed by atoms with Crippen molar-refractivity contribution in [2.75, 3.05) is 51.1 Å². The molecule has 0 saturated carbocycles. The van der Waals surface area contributed by atoms with Gasteiger partial charge < -0.3 is 29.5 Å². The van der Waals surface area contributed by atoms with Crippen LogP contribution in [0.4, 0.5) is 11.5 Å². The Labute approximate surface area is 307 Å². The number of nitrogens with zero attached hydrogens (tertiary/aromatic N) is 4. The molecular formula is C42H51N5O5. The minimum absolute atomic E-state index is 0.120. The topological polar surface area (TPSA) is 104 Å². The van der Waals surface area contributed by atoms with Gasteiger partial charge in [0.15, 0.2) is 0 Å². The summed E-state index contributed by atoms with van der Waals surface area (Å²) in [6, 6.07) is 26.7. The zero-order valence-corrected chi connectivity index (χ0v) is 30.8. The van der Waals surface area contributed by atoms with E-state index in [-0.39, 0.29) is 24.1 Å². The van der Waals surface area contributed by atoms with Crippen molar-refractivity contribution in [1.29, 1.82) is 0 Å². The fourth-order valence-corrected chi connectivity index (χ4v) is 6.27. The number of hydrogen-bond donors (Lipinski definition) is 1. The molecule has 3 amide bonds. The van der Waals surface area contributed by atoms with Gasteiger partial charge in [-0.3, -0.25) is 14.4 Å². The second-order valence-electron chi connectivity index (χ2n) is 13.6. The lowest BCUT2D eigenvalue weighted by molar-refractivity contribution is -0.132. The van der Waals surface area contributed by atoms with Crippen molar-refractivity contribution in [3.63, 3.8) is 0 Å². The molecule has 0 spiro atoms. The number of amides is 3. The SMILES string of the molecule is Cc1ccc(N(C)C(=O)Cc2ccc(NC(=O)c3ccccc3OCc3ccccc3)nc2)c(OCCCCCC(=O)N2CCC(N(C)C)CC2)c1. The number of likely N-dealkylation sites (tertiary alicyclic amines) is 1. The lowest BCUT2D eigenvalue weighted by Crippen LogP contribution is -2.44. The molecule has 0 radical (unpaired) electrons. The Balaban J connectivity index is 1.07. The third-order valence-electron chi connectivity index (χ3n) is 9.48. The summed E-state index contributed by atoms with van der Waals surface area (Å²) >= 11 is 0. The van der Waals surface area contributed by atoms with E-state index in [0.29, 0.717) is 59.8 Å². The van der Waals surface area contributed by atoms with Crippen molar-refractivity contribution in [2.45, 2.75) is 64.5 Å². The summed E-state index contributed by atoms with van der Waals surface area (Å²) in [6.45, 7) is 4.52. The van der Waals surface area contributed by atoms with Crippen LogP contribution in [0.2, 0.25) is 0 Å². The van der Waals surface area contributed by atoms with E-state index in [1.165, 1.54) is 0 Å². The molecule has 1 saturated heterocycles. The Kier molecular flexibility index (Phi) is 13.8. The molecule has 274 valence electrons. The summed E-state index contributed by atoms with van der Waals surface area (Å²) < 4.78 is 12.1. The summed E-state index contributed by atoms with van der Waals surface area (Å²) in [6.07, 6.45) is 6.92. The molecule has 0 unspecified atom stereocenters. The highest BCUT2D eigenvalue weighted by Crippen LogP contribution is 2.30. The average molecular weight is 706 g/mol. The smallest absolute Gasteiger partial charge is 0.260 e. The number of benzene rings is 3. The molecule has 0 aliphatic carbocycles. The molecule has 5 rings (SSSR count). The van der Waals surface area contributed by atoms with Crippen LogP contribution in [0.1, 0.15) is 65.6 Å². The Morgan fingerprint density at radius 3 is 2.31 bits per heavy atom. The zero-order valence-electron chi connectivity index (χ0n) is 30.8. The molecule has 4 aromatic rings. The molecule has 10 nitrogen and oxygen atoms in total. The molecule has 1 N–H and O–H groups in total. The highest BCUT2D eigenvalue weighted by molar-refractivity contribution is 6.05. The normalized spacial score (nSPS) is 13.1. The van der Waals surface area contributed by atoms with Crippen molar-refractivity contribution >= 4 is 29.2 Å². The van der Waals surface area contributed by atoms with Crippen LogP contribution in [0.15, 0.2) is 91.1 Å². The molecule has 0 bridgehead atoms. The monoisotopic (exact) mass is 705 g/mol. The number of carbonyl (C=O) groups is 3. The van der Waals surface area contributed by atoms with E-state index in [9.17, 15) is 14.4 Å². The lowest BCUT2D eigenvalue weighted by atomic mass is 10.0. The van der Waals surface area contributed by atoms with Crippen molar-refractivity contribution < 1.29 is 23.9 Å². The fraction of sp³-hybridized carbons (Fsp3) is 0.381. The largest absolute Gasteiger partial charge is 0.491 e. The standard InChI is InChI=1S/C42H51N5O5/c1-31-18-20-36(38(27-31)51-26-12-6-9-17-40(48)47-24-22-34(23-25-47)45(2)3)46(4)41(49)28-33-19-21-39(43-29-33)44-42(50)35-15-10-11-16-37(35)52-30-32-13-7-5-8-14-32/h5,7-8,10-11,13-16,18-21,27,29,34H,6,9,12,17,22-26,28,30H2,1-4H3,(H,43,44,50). The number of ether oxygens (including phenoxy) is 2. The van der Waals surface area contributed by atoms with Gasteiger partial charge in [-0.15, -0.1) is 0 Å². The Bertz CT molecular complexity index is 1770. The first kappa shape index (κ1) is 38.0. The summed E-state index contributed by atoms with van der Waals surface area (Å²) in [7, 11) is 5.95. The second kappa shape index (κ2) is 18.9. The number of aryl methyl sites for hydroxylation is 1. The summed E-state index contributed by atoms with van der Waals surface area (Å²) in [5.74, 6) is 1.29. The number of para-hydroxylation sites is 1. The Morgan fingerprint density at radius 2 is 1.58 bits per heavy atom. The molecule has 1 aliphatic rings. The maximum Gasteiger partial charge on any atom is 0.260 e. The maximum absolute atomic E-state index is 13.4. The predicted octanol–water partition coefficient (Wildman–Crippen LogP) is 6.92. The molecule has 1 aromatic heterocycles.